The molecule has 9 heteroatoms. The van der Waals surface area contributed by atoms with Gasteiger partial charge >= 0.3 is 0 Å². The van der Waals surface area contributed by atoms with Crippen LogP contribution >= 0.6 is 23.1 Å². The van der Waals surface area contributed by atoms with E-state index in [1.54, 1.807) is 7.11 Å². The highest BCUT2D eigenvalue weighted by atomic mass is 32.2. The molecule has 0 bridgehead atoms. The molecule has 1 aliphatic heterocycles. The van der Waals surface area contributed by atoms with Gasteiger partial charge < -0.3 is 19.7 Å². The van der Waals surface area contributed by atoms with Crippen molar-refractivity contribution in [3.05, 3.63) is 24.3 Å². The van der Waals surface area contributed by atoms with Gasteiger partial charge in [0.1, 0.15) is 5.75 Å². The molecule has 140 valence electrons. The van der Waals surface area contributed by atoms with Crippen LogP contribution in [0.3, 0.4) is 0 Å². The number of thioether (sulfide) groups is 1. The molecule has 26 heavy (non-hydrogen) atoms. The summed E-state index contributed by atoms with van der Waals surface area (Å²) in [6.07, 6.45) is 0.150. The van der Waals surface area contributed by atoms with Gasteiger partial charge in [-0.25, -0.2) is 0 Å². The first-order valence-electron chi connectivity index (χ1n) is 8.34. The van der Waals surface area contributed by atoms with Crippen LogP contribution in [0.4, 0.5) is 10.8 Å². The van der Waals surface area contributed by atoms with Crippen molar-refractivity contribution in [1.29, 1.82) is 0 Å². The lowest BCUT2D eigenvalue weighted by atomic mass is 10.2. The summed E-state index contributed by atoms with van der Waals surface area (Å²) in [6, 6.07) is 7.62. The van der Waals surface area contributed by atoms with Gasteiger partial charge in [-0.1, -0.05) is 35.2 Å². The number of ether oxygens (including phenoxy) is 2. The van der Waals surface area contributed by atoms with E-state index in [9.17, 15) is 4.79 Å². The fraction of sp³-hybridized carbons (Fsp3) is 0.471. The Balaban J connectivity index is 1.54. The summed E-state index contributed by atoms with van der Waals surface area (Å²) in [7, 11) is 1.63. The number of para-hydroxylation sites is 2. The maximum atomic E-state index is 12.4. The smallest absolute Gasteiger partial charge is 0.233 e. The normalized spacial score (nSPS) is 20.0. The number of benzene rings is 1. The Bertz CT molecular complexity index is 745. The maximum Gasteiger partial charge on any atom is 0.233 e. The molecular formula is C17H22N4O3S2. The van der Waals surface area contributed by atoms with Crippen LogP contribution in [-0.2, 0) is 9.53 Å². The number of amides is 1. The van der Waals surface area contributed by atoms with Crippen molar-refractivity contribution in [2.24, 2.45) is 0 Å². The molecule has 2 unspecified atom stereocenters. The molecule has 1 N–H and O–H groups in total. The van der Waals surface area contributed by atoms with Crippen LogP contribution in [0.25, 0.3) is 0 Å². The number of hydrogen-bond acceptors (Lipinski definition) is 8. The molecule has 0 aliphatic carbocycles. The van der Waals surface area contributed by atoms with Crippen LogP contribution in [0.2, 0.25) is 0 Å². The molecule has 2 heterocycles. The van der Waals surface area contributed by atoms with E-state index in [1.807, 2.05) is 43.0 Å². The Morgan fingerprint density at radius 3 is 2.81 bits per heavy atom. The highest BCUT2D eigenvalue weighted by molar-refractivity contribution is 8.01. The molecule has 1 aromatic heterocycles. The number of nitrogens with zero attached hydrogens (tertiary/aromatic N) is 3. The van der Waals surface area contributed by atoms with E-state index in [0.717, 1.165) is 15.8 Å². The van der Waals surface area contributed by atoms with Gasteiger partial charge in [0.15, 0.2) is 4.34 Å². The molecule has 2 aromatic rings. The predicted molar refractivity (Wildman–Crippen MR) is 103 cm³/mol. The van der Waals surface area contributed by atoms with E-state index in [2.05, 4.69) is 15.5 Å². The van der Waals surface area contributed by atoms with Gasteiger partial charge in [-0.3, -0.25) is 4.79 Å². The molecule has 1 amide bonds. The second-order valence-corrected chi connectivity index (χ2v) is 8.24. The highest BCUT2D eigenvalue weighted by Crippen LogP contribution is 2.31. The Hall–Kier alpha value is -1.84. The summed E-state index contributed by atoms with van der Waals surface area (Å²) < 4.78 is 11.7. The van der Waals surface area contributed by atoms with Crippen LogP contribution in [0.5, 0.6) is 5.75 Å². The van der Waals surface area contributed by atoms with E-state index < -0.39 is 0 Å². The van der Waals surface area contributed by atoms with Gasteiger partial charge in [0.2, 0.25) is 11.0 Å². The van der Waals surface area contributed by atoms with Crippen molar-refractivity contribution in [2.45, 2.75) is 30.4 Å². The van der Waals surface area contributed by atoms with E-state index in [1.165, 1.54) is 23.1 Å². The lowest BCUT2D eigenvalue weighted by Crippen LogP contribution is -2.48. The molecule has 0 saturated carbocycles. The minimum atomic E-state index is 0.0749. The van der Waals surface area contributed by atoms with E-state index in [4.69, 9.17) is 9.47 Å². The van der Waals surface area contributed by atoms with Crippen LogP contribution in [0.15, 0.2) is 28.6 Å². The summed E-state index contributed by atoms with van der Waals surface area (Å²) in [5.41, 5.74) is 0.829. The minimum absolute atomic E-state index is 0.0749. The highest BCUT2D eigenvalue weighted by Gasteiger charge is 2.26. The van der Waals surface area contributed by atoms with Crippen LogP contribution in [-0.4, -0.2) is 59.2 Å². The molecule has 1 fully saturated rings. The van der Waals surface area contributed by atoms with Gasteiger partial charge in [0.25, 0.3) is 0 Å². The van der Waals surface area contributed by atoms with Gasteiger partial charge in [-0.15, -0.1) is 10.2 Å². The topological polar surface area (TPSA) is 76.6 Å². The van der Waals surface area contributed by atoms with Gasteiger partial charge in [-0.05, 0) is 26.0 Å². The summed E-state index contributed by atoms with van der Waals surface area (Å²) >= 11 is 2.82. The maximum absolute atomic E-state index is 12.4. The first-order chi connectivity index (χ1) is 12.5. The number of methoxy groups -OCH3 is 1. The number of nitrogens with one attached hydrogen (secondary N) is 1. The zero-order valence-corrected chi connectivity index (χ0v) is 16.6. The number of carbonyl (C=O) groups is 1. The van der Waals surface area contributed by atoms with Crippen molar-refractivity contribution in [2.75, 3.05) is 31.3 Å². The predicted octanol–water partition coefficient (Wildman–Crippen LogP) is 3.02. The third kappa shape index (κ3) is 4.87. The SMILES string of the molecule is COc1ccccc1Nc1nnc(SCC(=O)N2CC(C)OC(C)C2)s1. The Morgan fingerprint density at radius 1 is 1.35 bits per heavy atom. The minimum Gasteiger partial charge on any atom is -0.495 e. The first-order valence-corrected chi connectivity index (χ1v) is 10.1. The molecule has 7 nitrogen and oxygen atoms in total. The average molecular weight is 395 g/mol. The molecule has 3 rings (SSSR count). The fourth-order valence-corrected chi connectivity index (χ4v) is 4.45. The van der Waals surface area contributed by atoms with E-state index in [0.29, 0.717) is 24.0 Å². The third-order valence-electron chi connectivity index (χ3n) is 3.85. The molecule has 1 aromatic carbocycles. The quantitative estimate of drug-likeness (QED) is 0.755. The Morgan fingerprint density at radius 2 is 2.08 bits per heavy atom. The number of carbonyl (C=O) groups excluding carboxylic acids is 1. The molecular weight excluding hydrogens is 372 g/mol. The average Bonchev–Trinajstić information content (AvgIpc) is 3.06. The molecule has 1 saturated heterocycles. The molecule has 1 aliphatic rings. The van der Waals surface area contributed by atoms with Gasteiger partial charge in [0, 0.05) is 13.1 Å². The standard InChI is InChI=1S/C17H22N4O3S2/c1-11-8-21(9-12(2)24-11)15(22)10-25-17-20-19-16(26-17)18-13-6-4-5-7-14(13)23-3/h4-7,11-12H,8-10H2,1-3H3,(H,18,19). The zero-order chi connectivity index (χ0) is 18.5. The Labute approximate surface area is 161 Å². The van der Waals surface area contributed by atoms with Crippen molar-refractivity contribution in [1.82, 2.24) is 15.1 Å². The second-order valence-electron chi connectivity index (χ2n) is 6.04. The fourth-order valence-electron chi connectivity index (χ4n) is 2.78. The number of rotatable bonds is 6. The van der Waals surface area contributed by atoms with Crippen molar-refractivity contribution < 1.29 is 14.3 Å². The summed E-state index contributed by atoms with van der Waals surface area (Å²) in [5.74, 6) is 1.19. The van der Waals surface area contributed by atoms with E-state index in [-0.39, 0.29) is 18.1 Å². The number of anilines is 2. The second kappa shape index (κ2) is 8.70. The molecule has 2 atom stereocenters. The number of morpholine rings is 1. The number of aromatic nitrogens is 2. The van der Waals surface area contributed by atoms with Crippen molar-refractivity contribution in [3.8, 4) is 5.75 Å². The monoisotopic (exact) mass is 394 g/mol. The molecule has 0 spiro atoms. The Kier molecular flexibility index (Phi) is 6.33. The summed E-state index contributed by atoms with van der Waals surface area (Å²) in [4.78, 5) is 14.3. The summed E-state index contributed by atoms with van der Waals surface area (Å²) in [6.45, 7) is 5.26. The van der Waals surface area contributed by atoms with Crippen LogP contribution < -0.4 is 10.1 Å². The molecule has 0 radical (unpaired) electrons. The third-order valence-corrected chi connectivity index (χ3v) is 5.80. The summed E-state index contributed by atoms with van der Waals surface area (Å²) in [5, 5.41) is 12.2. The van der Waals surface area contributed by atoms with E-state index >= 15 is 0 Å². The van der Waals surface area contributed by atoms with Crippen LogP contribution in [0.1, 0.15) is 13.8 Å². The largest absolute Gasteiger partial charge is 0.495 e. The van der Waals surface area contributed by atoms with Crippen molar-refractivity contribution in [3.63, 3.8) is 0 Å². The first kappa shape index (κ1) is 18.9. The van der Waals surface area contributed by atoms with Crippen LogP contribution in [0, 0.1) is 0 Å². The van der Waals surface area contributed by atoms with Gasteiger partial charge in [-0.2, -0.15) is 0 Å². The number of hydrogen-bond donors (Lipinski definition) is 1. The van der Waals surface area contributed by atoms with Crippen molar-refractivity contribution >= 4 is 39.8 Å². The lowest BCUT2D eigenvalue weighted by Gasteiger charge is -2.35. The lowest BCUT2D eigenvalue weighted by molar-refractivity contribution is -0.140. The zero-order valence-electron chi connectivity index (χ0n) is 15.0. The van der Waals surface area contributed by atoms with Gasteiger partial charge in [0.05, 0.1) is 30.8 Å².